The lowest BCUT2D eigenvalue weighted by molar-refractivity contribution is -0.144. The highest BCUT2D eigenvalue weighted by Crippen LogP contribution is 2.16. The van der Waals surface area contributed by atoms with Crippen LogP contribution in [0.25, 0.3) is 0 Å². The first-order valence-electron chi connectivity index (χ1n) is 7.57. The van der Waals surface area contributed by atoms with Crippen molar-refractivity contribution >= 4 is 11.9 Å². The van der Waals surface area contributed by atoms with Crippen LogP contribution in [-0.2, 0) is 4.79 Å². The van der Waals surface area contributed by atoms with Crippen molar-refractivity contribution in [1.82, 2.24) is 5.32 Å². The second-order valence-corrected chi connectivity index (χ2v) is 6.07. The Morgan fingerprint density at radius 1 is 1.27 bits per heavy atom. The normalized spacial score (nSPS) is 13.5. The fourth-order valence-corrected chi connectivity index (χ4v) is 2.01. The first-order valence-corrected chi connectivity index (χ1v) is 7.57. The molecule has 0 aromatic heterocycles. The SMILES string of the molecule is CCCC(C)(NC(=O)c1ccc(OCC(C)C)cc1)C(=O)O. The first-order chi connectivity index (χ1) is 10.3. The molecule has 2 N–H and O–H groups in total. The average Bonchev–Trinajstić information content (AvgIpc) is 2.45. The summed E-state index contributed by atoms with van der Waals surface area (Å²) in [5, 5.41) is 11.9. The van der Waals surface area contributed by atoms with Crippen LogP contribution < -0.4 is 10.1 Å². The average molecular weight is 307 g/mol. The third-order valence-corrected chi connectivity index (χ3v) is 3.31. The van der Waals surface area contributed by atoms with Crippen LogP contribution in [0.2, 0.25) is 0 Å². The Labute approximate surface area is 131 Å². The molecule has 0 fully saturated rings. The summed E-state index contributed by atoms with van der Waals surface area (Å²) in [4.78, 5) is 23.5. The van der Waals surface area contributed by atoms with Crippen LogP contribution in [0.3, 0.4) is 0 Å². The zero-order chi connectivity index (χ0) is 16.8. The number of rotatable bonds is 8. The van der Waals surface area contributed by atoms with Crippen LogP contribution in [-0.4, -0.2) is 29.1 Å². The van der Waals surface area contributed by atoms with Gasteiger partial charge < -0.3 is 15.2 Å². The largest absolute Gasteiger partial charge is 0.493 e. The van der Waals surface area contributed by atoms with E-state index >= 15 is 0 Å². The number of amides is 1. The van der Waals surface area contributed by atoms with Gasteiger partial charge in [-0.1, -0.05) is 27.2 Å². The van der Waals surface area contributed by atoms with Crippen molar-refractivity contribution in [2.45, 2.75) is 46.1 Å². The number of hydrogen-bond donors (Lipinski definition) is 2. The zero-order valence-electron chi connectivity index (χ0n) is 13.7. The molecule has 1 amide bonds. The van der Waals surface area contributed by atoms with Crippen molar-refractivity contribution in [2.75, 3.05) is 6.61 Å². The molecule has 0 radical (unpaired) electrons. The second-order valence-electron chi connectivity index (χ2n) is 6.07. The third kappa shape index (κ3) is 5.06. The minimum Gasteiger partial charge on any atom is -0.493 e. The Bertz CT molecular complexity index is 510. The summed E-state index contributed by atoms with van der Waals surface area (Å²) >= 11 is 0. The summed E-state index contributed by atoms with van der Waals surface area (Å²) in [6.45, 7) is 8.13. The number of nitrogens with one attached hydrogen (secondary N) is 1. The van der Waals surface area contributed by atoms with Crippen LogP contribution in [0.1, 0.15) is 50.9 Å². The number of benzene rings is 1. The van der Waals surface area contributed by atoms with Gasteiger partial charge in [-0.25, -0.2) is 4.79 Å². The Balaban J connectivity index is 2.75. The fraction of sp³-hybridized carbons (Fsp3) is 0.529. The van der Waals surface area contributed by atoms with Gasteiger partial charge in [-0.15, -0.1) is 0 Å². The van der Waals surface area contributed by atoms with E-state index in [1.54, 1.807) is 24.3 Å². The topological polar surface area (TPSA) is 75.6 Å². The van der Waals surface area contributed by atoms with Gasteiger partial charge in [0, 0.05) is 5.56 Å². The maximum Gasteiger partial charge on any atom is 0.329 e. The van der Waals surface area contributed by atoms with Gasteiger partial charge in [0.1, 0.15) is 11.3 Å². The van der Waals surface area contributed by atoms with E-state index in [-0.39, 0.29) is 0 Å². The summed E-state index contributed by atoms with van der Waals surface area (Å²) in [6.07, 6.45) is 1.05. The number of carbonyl (C=O) groups excluding carboxylic acids is 1. The van der Waals surface area contributed by atoms with Crippen LogP contribution in [0, 0.1) is 5.92 Å². The molecule has 5 nitrogen and oxygen atoms in total. The Hall–Kier alpha value is -2.04. The lowest BCUT2D eigenvalue weighted by atomic mass is 9.96. The fourth-order valence-electron chi connectivity index (χ4n) is 2.01. The molecule has 1 aromatic rings. The van der Waals surface area contributed by atoms with Crippen LogP contribution in [0.15, 0.2) is 24.3 Å². The molecule has 0 spiro atoms. The van der Waals surface area contributed by atoms with Crippen molar-refractivity contribution in [2.24, 2.45) is 5.92 Å². The lowest BCUT2D eigenvalue weighted by Gasteiger charge is -2.25. The van der Waals surface area contributed by atoms with Crippen molar-refractivity contribution in [3.05, 3.63) is 29.8 Å². The molecule has 1 aromatic carbocycles. The second kappa shape index (κ2) is 7.82. The van der Waals surface area contributed by atoms with Gasteiger partial charge in [-0.2, -0.15) is 0 Å². The molecule has 22 heavy (non-hydrogen) atoms. The Morgan fingerprint density at radius 2 is 1.86 bits per heavy atom. The first kappa shape index (κ1) is 18.0. The van der Waals surface area contributed by atoms with Gasteiger partial charge in [0.2, 0.25) is 0 Å². The van der Waals surface area contributed by atoms with E-state index in [1.165, 1.54) is 6.92 Å². The third-order valence-electron chi connectivity index (χ3n) is 3.31. The Morgan fingerprint density at radius 3 is 2.32 bits per heavy atom. The van der Waals surface area contributed by atoms with E-state index in [0.717, 1.165) is 0 Å². The number of carboxylic acid groups (broad SMARTS) is 1. The van der Waals surface area contributed by atoms with E-state index in [9.17, 15) is 14.7 Å². The number of hydrogen-bond acceptors (Lipinski definition) is 3. The molecular formula is C17H25NO4. The molecule has 0 aliphatic rings. The van der Waals surface area contributed by atoms with Crippen LogP contribution in [0.5, 0.6) is 5.75 Å². The molecule has 1 atom stereocenters. The van der Waals surface area contributed by atoms with E-state index in [2.05, 4.69) is 19.2 Å². The predicted molar refractivity (Wildman–Crippen MR) is 85.2 cm³/mol. The van der Waals surface area contributed by atoms with E-state index < -0.39 is 17.4 Å². The molecule has 5 heteroatoms. The molecule has 122 valence electrons. The summed E-state index contributed by atoms with van der Waals surface area (Å²) in [6, 6.07) is 6.71. The van der Waals surface area contributed by atoms with Crippen molar-refractivity contribution in [3.8, 4) is 5.75 Å². The molecule has 1 unspecified atom stereocenters. The summed E-state index contributed by atoms with van der Waals surface area (Å²) in [7, 11) is 0. The number of ether oxygens (including phenoxy) is 1. The minimum absolute atomic E-state index is 0.379. The highest BCUT2D eigenvalue weighted by molar-refractivity contribution is 5.97. The summed E-state index contributed by atoms with van der Waals surface area (Å²) in [5.41, 5.74) is -0.834. The van der Waals surface area contributed by atoms with Gasteiger partial charge in [0.15, 0.2) is 0 Å². The van der Waals surface area contributed by atoms with Crippen molar-refractivity contribution < 1.29 is 19.4 Å². The van der Waals surface area contributed by atoms with E-state index in [0.29, 0.717) is 36.7 Å². The molecule has 0 saturated heterocycles. The van der Waals surface area contributed by atoms with Gasteiger partial charge >= 0.3 is 5.97 Å². The van der Waals surface area contributed by atoms with Gasteiger partial charge in [0.05, 0.1) is 6.61 Å². The van der Waals surface area contributed by atoms with Gasteiger partial charge in [0.25, 0.3) is 5.91 Å². The highest BCUT2D eigenvalue weighted by Gasteiger charge is 2.33. The Kier molecular flexibility index (Phi) is 6.40. The van der Waals surface area contributed by atoms with Crippen LogP contribution >= 0.6 is 0 Å². The number of carbonyl (C=O) groups is 2. The maximum atomic E-state index is 12.2. The summed E-state index contributed by atoms with van der Waals surface area (Å²) < 4.78 is 5.55. The molecule has 1 rings (SSSR count). The predicted octanol–water partition coefficient (Wildman–Crippen LogP) is 3.09. The molecule has 0 heterocycles. The van der Waals surface area contributed by atoms with E-state index in [1.807, 2.05) is 6.92 Å². The molecule has 0 saturated carbocycles. The monoisotopic (exact) mass is 307 g/mol. The lowest BCUT2D eigenvalue weighted by Crippen LogP contribution is -2.52. The number of carboxylic acids is 1. The molecule has 0 aliphatic carbocycles. The van der Waals surface area contributed by atoms with Crippen molar-refractivity contribution in [1.29, 1.82) is 0 Å². The molecule has 0 aliphatic heterocycles. The van der Waals surface area contributed by atoms with Crippen molar-refractivity contribution in [3.63, 3.8) is 0 Å². The molecule has 0 bridgehead atoms. The minimum atomic E-state index is -1.25. The quantitative estimate of drug-likeness (QED) is 0.774. The van der Waals surface area contributed by atoms with Crippen LogP contribution in [0.4, 0.5) is 0 Å². The maximum absolute atomic E-state index is 12.2. The smallest absolute Gasteiger partial charge is 0.329 e. The summed E-state index contributed by atoms with van der Waals surface area (Å²) in [5.74, 6) is -0.304. The standard InChI is InChI=1S/C17H25NO4/c1-5-10-17(4,16(20)21)18-15(19)13-6-8-14(9-7-13)22-11-12(2)3/h6-9,12H,5,10-11H2,1-4H3,(H,18,19)(H,20,21). The van der Waals surface area contributed by atoms with Gasteiger partial charge in [-0.05, 0) is 43.5 Å². The van der Waals surface area contributed by atoms with Gasteiger partial charge in [-0.3, -0.25) is 4.79 Å². The zero-order valence-corrected chi connectivity index (χ0v) is 13.7. The highest BCUT2D eigenvalue weighted by atomic mass is 16.5. The molecular weight excluding hydrogens is 282 g/mol. The van der Waals surface area contributed by atoms with E-state index in [4.69, 9.17) is 4.74 Å². The number of aliphatic carboxylic acids is 1.